The summed E-state index contributed by atoms with van der Waals surface area (Å²) in [6.07, 6.45) is 2.41. The van der Waals surface area contributed by atoms with Gasteiger partial charge >= 0.3 is 0 Å². The lowest BCUT2D eigenvalue weighted by Crippen LogP contribution is -2.58. The minimum Gasteiger partial charge on any atom is -0.395 e. The van der Waals surface area contributed by atoms with Crippen molar-refractivity contribution in [2.75, 3.05) is 39.5 Å². The van der Waals surface area contributed by atoms with Gasteiger partial charge in [0.2, 0.25) is 0 Å². The molecule has 2 saturated carbocycles. The number of nitrogens with one attached hydrogen (secondary N) is 1. The zero-order valence-electron chi connectivity index (χ0n) is 13.7. The van der Waals surface area contributed by atoms with Gasteiger partial charge in [0, 0.05) is 31.7 Å². The summed E-state index contributed by atoms with van der Waals surface area (Å²) in [5.41, 5.74) is 0.406. The number of aliphatic hydroxyl groups excluding tert-OH is 3. The van der Waals surface area contributed by atoms with Crippen LogP contribution in [0.4, 0.5) is 0 Å². The molecule has 0 heterocycles. The van der Waals surface area contributed by atoms with Crippen LogP contribution in [0.15, 0.2) is 0 Å². The normalized spacial score (nSPS) is 37.6. The van der Waals surface area contributed by atoms with Crippen LogP contribution in [0.3, 0.4) is 0 Å². The summed E-state index contributed by atoms with van der Waals surface area (Å²) in [6.45, 7) is 9.25. The van der Waals surface area contributed by atoms with Crippen LogP contribution in [0, 0.1) is 16.7 Å². The lowest BCUT2D eigenvalue weighted by Gasteiger charge is -2.46. The number of rotatable bonds is 8. The second-order valence-electron chi connectivity index (χ2n) is 7.42. The van der Waals surface area contributed by atoms with E-state index in [1.807, 2.05) is 0 Å². The maximum Gasteiger partial charge on any atom is 0.0558 e. The minimum atomic E-state index is 0.115. The highest BCUT2D eigenvalue weighted by Gasteiger charge is 2.66. The van der Waals surface area contributed by atoms with E-state index in [1.165, 1.54) is 12.8 Å². The van der Waals surface area contributed by atoms with Crippen molar-refractivity contribution in [2.45, 2.75) is 45.7 Å². The highest BCUT2D eigenvalue weighted by atomic mass is 16.3. The SMILES string of the molecule is CC1(C)[C@H]2CC[C@@]1(C)[C@H](N(CCO)CCO)[C@H]2NCCO. The van der Waals surface area contributed by atoms with E-state index in [0.717, 1.165) is 0 Å². The van der Waals surface area contributed by atoms with E-state index in [0.29, 0.717) is 37.6 Å². The van der Waals surface area contributed by atoms with E-state index in [-0.39, 0.29) is 30.7 Å². The Balaban J connectivity index is 2.29. The summed E-state index contributed by atoms with van der Waals surface area (Å²) < 4.78 is 0. The predicted octanol–water partition coefficient (Wildman–Crippen LogP) is 0.0482. The van der Waals surface area contributed by atoms with Gasteiger partial charge in [-0.2, -0.15) is 0 Å². The second-order valence-corrected chi connectivity index (χ2v) is 7.42. The summed E-state index contributed by atoms with van der Waals surface area (Å²) in [7, 11) is 0. The lowest BCUT2D eigenvalue weighted by atomic mass is 9.68. The first-order valence-electron chi connectivity index (χ1n) is 8.24. The third kappa shape index (κ3) is 2.63. The molecule has 0 amide bonds. The molecule has 0 unspecified atom stereocenters. The van der Waals surface area contributed by atoms with E-state index >= 15 is 0 Å². The molecule has 4 atom stereocenters. The molecule has 2 rings (SSSR count). The van der Waals surface area contributed by atoms with E-state index in [9.17, 15) is 10.2 Å². The molecule has 5 nitrogen and oxygen atoms in total. The van der Waals surface area contributed by atoms with Gasteiger partial charge in [-0.15, -0.1) is 0 Å². The van der Waals surface area contributed by atoms with Crippen molar-refractivity contribution in [1.29, 1.82) is 0 Å². The molecule has 0 radical (unpaired) electrons. The fraction of sp³-hybridized carbons (Fsp3) is 1.00. The van der Waals surface area contributed by atoms with Gasteiger partial charge in [-0.05, 0) is 29.6 Å². The predicted molar refractivity (Wildman–Crippen MR) is 83.0 cm³/mol. The molecule has 0 aromatic carbocycles. The average molecular weight is 300 g/mol. The summed E-state index contributed by atoms with van der Waals surface area (Å²) in [4.78, 5) is 2.25. The fourth-order valence-electron chi connectivity index (χ4n) is 5.10. The Bertz CT molecular complexity index is 344. The largest absolute Gasteiger partial charge is 0.395 e. The molecule has 2 aliphatic carbocycles. The van der Waals surface area contributed by atoms with E-state index in [2.05, 4.69) is 31.0 Å². The Morgan fingerprint density at radius 3 is 2.19 bits per heavy atom. The van der Waals surface area contributed by atoms with Crippen molar-refractivity contribution in [3.8, 4) is 0 Å². The van der Waals surface area contributed by atoms with Gasteiger partial charge in [0.05, 0.1) is 19.8 Å². The summed E-state index contributed by atoms with van der Waals surface area (Å²) >= 11 is 0. The summed E-state index contributed by atoms with van der Waals surface area (Å²) in [5.74, 6) is 0.582. The third-order valence-corrected chi connectivity index (χ3v) is 6.46. The molecular weight excluding hydrogens is 268 g/mol. The van der Waals surface area contributed by atoms with Gasteiger partial charge in [-0.3, -0.25) is 4.90 Å². The summed E-state index contributed by atoms with van der Waals surface area (Å²) in [6, 6.07) is 0.626. The first-order valence-corrected chi connectivity index (χ1v) is 8.24. The number of fused-ring (bicyclic) bond motifs is 2. The Labute approximate surface area is 128 Å². The number of aliphatic hydroxyl groups is 3. The number of hydrogen-bond acceptors (Lipinski definition) is 5. The molecule has 4 N–H and O–H groups in total. The topological polar surface area (TPSA) is 76.0 Å². The van der Waals surface area contributed by atoms with E-state index in [1.54, 1.807) is 0 Å². The van der Waals surface area contributed by atoms with Crippen LogP contribution in [-0.2, 0) is 0 Å². The highest BCUT2D eigenvalue weighted by Crippen LogP contribution is 2.66. The smallest absolute Gasteiger partial charge is 0.0558 e. The van der Waals surface area contributed by atoms with Gasteiger partial charge in [0.25, 0.3) is 0 Å². The van der Waals surface area contributed by atoms with Crippen LogP contribution >= 0.6 is 0 Å². The Kier molecular flexibility index (Phi) is 5.31. The zero-order chi connectivity index (χ0) is 15.7. The molecule has 2 fully saturated rings. The zero-order valence-corrected chi connectivity index (χ0v) is 13.7. The van der Waals surface area contributed by atoms with Crippen LogP contribution < -0.4 is 5.32 Å². The van der Waals surface area contributed by atoms with Crippen LogP contribution in [-0.4, -0.2) is 71.8 Å². The lowest BCUT2D eigenvalue weighted by molar-refractivity contribution is 0.0146. The number of nitrogens with zero attached hydrogens (tertiary/aromatic N) is 1. The van der Waals surface area contributed by atoms with E-state index < -0.39 is 0 Å². The van der Waals surface area contributed by atoms with E-state index in [4.69, 9.17) is 5.11 Å². The Hall–Kier alpha value is -0.200. The van der Waals surface area contributed by atoms with Crippen molar-refractivity contribution in [3.05, 3.63) is 0 Å². The van der Waals surface area contributed by atoms with Gasteiger partial charge in [0.15, 0.2) is 0 Å². The highest BCUT2D eigenvalue weighted by molar-refractivity contribution is 5.20. The Morgan fingerprint density at radius 1 is 1.05 bits per heavy atom. The standard InChI is InChI=1S/C16H32N2O3/c1-15(2)12-4-5-16(15,3)14(13(12)17-6-9-19)18(7-10-20)8-11-21/h12-14,17,19-21H,4-11H2,1-3H3/t12-,13-,14+,16-/m0/s1. The second kappa shape index (κ2) is 6.50. The molecule has 5 heteroatoms. The molecule has 0 aromatic heterocycles. The molecule has 0 saturated heterocycles. The molecule has 0 spiro atoms. The van der Waals surface area contributed by atoms with Crippen molar-refractivity contribution < 1.29 is 15.3 Å². The van der Waals surface area contributed by atoms with Crippen molar-refractivity contribution in [3.63, 3.8) is 0 Å². The molecule has 2 bridgehead atoms. The van der Waals surface area contributed by atoms with Crippen LogP contribution in [0.2, 0.25) is 0 Å². The van der Waals surface area contributed by atoms with Crippen molar-refractivity contribution in [2.24, 2.45) is 16.7 Å². The fourth-order valence-corrected chi connectivity index (χ4v) is 5.10. The minimum absolute atomic E-state index is 0.115. The molecule has 0 aromatic rings. The van der Waals surface area contributed by atoms with Crippen molar-refractivity contribution in [1.82, 2.24) is 10.2 Å². The molecule has 21 heavy (non-hydrogen) atoms. The first-order chi connectivity index (χ1) is 9.94. The van der Waals surface area contributed by atoms with Crippen molar-refractivity contribution >= 4 is 0 Å². The quantitative estimate of drug-likeness (QED) is 0.510. The van der Waals surface area contributed by atoms with Gasteiger partial charge in [-0.1, -0.05) is 20.8 Å². The third-order valence-electron chi connectivity index (χ3n) is 6.46. The number of hydrogen-bond donors (Lipinski definition) is 4. The van der Waals surface area contributed by atoms with Gasteiger partial charge < -0.3 is 20.6 Å². The average Bonchev–Trinajstić information content (AvgIpc) is 2.75. The van der Waals surface area contributed by atoms with Crippen LogP contribution in [0.1, 0.15) is 33.6 Å². The first kappa shape index (κ1) is 17.2. The van der Waals surface area contributed by atoms with Gasteiger partial charge in [0.1, 0.15) is 0 Å². The Morgan fingerprint density at radius 2 is 1.67 bits per heavy atom. The van der Waals surface area contributed by atoms with Crippen LogP contribution in [0.25, 0.3) is 0 Å². The molecular formula is C16H32N2O3. The summed E-state index contributed by atoms with van der Waals surface area (Å²) in [5, 5.41) is 31.5. The monoisotopic (exact) mass is 300 g/mol. The van der Waals surface area contributed by atoms with Gasteiger partial charge in [-0.25, -0.2) is 0 Å². The maximum atomic E-state index is 9.39. The molecule has 124 valence electrons. The maximum absolute atomic E-state index is 9.39. The van der Waals surface area contributed by atoms with Crippen LogP contribution in [0.5, 0.6) is 0 Å². The molecule has 0 aliphatic heterocycles. The molecule has 2 aliphatic rings.